The first-order valence-electron chi connectivity index (χ1n) is 8.58. The SMILES string of the molecule is O=C(CCCN1CC=C(c2ccc(Br)cc2)CC1)c1ccc(F)cc1. The van der Waals surface area contributed by atoms with Crippen molar-refractivity contribution in [3.63, 3.8) is 0 Å². The number of ketones is 1. The second kappa shape index (κ2) is 8.54. The summed E-state index contributed by atoms with van der Waals surface area (Å²) in [5.41, 5.74) is 3.28. The molecule has 0 spiro atoms. The largest absolute Gasteiger partial charge is 0.299 e. The summed E-state index contributed by atoms with van der Waals surface area (Å²) in [4.78, 5) is 14.5. The van der Waals surface area contributed by atoms with Crippen molar-refractivity contribution in [2.24, 2.45) is 0 Å². The Morgan fingerprint density at radius 2 is 1.80 bits per heavy atom. The number of halogens is 2. The molecule has 1 aliphatic rings. The van der Waals surface area contributed by atoms with Crippen LogP contribution in [0, 0.1) is 5.82 Å². The zero-order valence-electron chi connectivity index (χ0n) is 14.1. The Kier molecular flexibility index (Phi) is 6.16. The van der Waals surface area contributed by atoms with Gasteiger partial charge in [0.2, 0.25) is 0 Å². The summed E-state index contributed by atoms with van der Waals surface area (Å²) in [7, 11) is 0. The lowest BCUT2D eigenvalue weighted by atomic mass is 9.99. The van der Waals surface area contributed by atoms with Gasteiger partial charge in [-0.2, -0.15) is 0 Å². The lowest BCUT2D eigenvalue weighted by Crippen LogP contribution is -2.29. The summed E-state index contributed by atoms with van der Waals surface area (Å²) in [6.45, 7) is 2.86. The molecule has 2 nitrogen and oxygen atoms in total. The van der Waals surface area contributed by atoms with Gasteiger partial charge in [0.25, 0.3) is 0 Å². The molecule has 4 heteroatoms. The average molecular weight is 402 g/mol. The minimum Gasteiger partial charge on any atom is -0.299 e. The van der Waals surface area contributed by atoms with Gasteiger partial charge in [-0.05, 0) is 66.9 Å². The summed E-state index contributed by atoms with van der Waals surface area (Å²) >= 11 is 3.47. The first-order valence-corrected chi connectivity index (χ1v) is 9.37. The molecule has 0 saturated carbocycles. The Hall–Kier alpha value is -1.78. The van der Waals surface area contributed by atoms with Gasteiger partial charge in [0, 0.05) is 29.5 Å². The highest BCUT2D eigenvalue weighted by molar-refractivity contribution is 9.10. The van der Waals surface area contributed by atoms with Gasteiger partial charge >= 0.3 is 0 Å². The summed E-state index contributed by atoms with van der Waals surface area (Å²) in [6.07, 6.45) is 4.66. The van der Waals surface area contributed by atoms with Gasteiger partial charge in [-0.15, -0.1) is 0 Å². The van der Waals surface area contributed by atoms with E-state index in [1.54, 1.807) is 12.1 Å². The third kappa shape index (κ3) is 5.10. The number of carbonyl (C=O) groups excluding carboxylic acids is 1. The van der Waals surface area contributed by atoms with Gasteiger partial charge in [0.15, 0.2) is 5.78 Å². The van der Waals surface area contributed by atoms with E-state index in [1.165, 1.54) is 23.3 Å². The number of Topliss-reactive ketones (excluding diaryl/α,β-unsaturated/α-hetero) is 1. The molecule has 0 aromatic heterocycles. The molecule has 0 atom stereocenters. The van der Waals surface area contributed by atoms with Gasteiger partial charge in [0.05, 0.1) is 0 Å². The van der Waals surface area contributed by atoms with Crippen LogP contribution in [0.2, 0.25) is 0 Å². The molecule has 0 amide bonds. The molecule has 1 aliphatic heterocycles. The van der Waals surface area contributed by atoms with Crippen LogP contribution < -0.4 is 0 Å². The minimum atomic E-state index is -0.307. The molecular weight excluding hydrogens is 381 g/mol. The molecule has 0 saturated heterocycles. The zero-order valence-corrected chi connectivity index (χ0v) is 15.6. The van der Waals surface area contributed by atoms with Crippen LogP contribution in [-0.2, 0) is 0 Å². The Bertz CT molecular complexity index is 752. The predicted octanol–water partition coefficient (Wildman–Crippen LogP) is 5.34. The Labute approximate surface area is 156 Å². The van der Waals surface area contributed by atoms with Gasteiger partial charge < -0.3 is 0 Å². The van der Waals surface area contributed by atoms with Crippen LogP contribution in [0.15, 0.2) is 59.1 Å². The Morgan fingerprint density at radius 1 is 1.08 bits per heavy atom. The van der Waals surface area contributed by atoms with Crippen LogP contribution in [0.5, 0.6) is 0 Å². The fourth-order valence-corrected chi connectivity index (χ4v) is 3.35. The van der Waals surface area contributed by atoms with Crippen molar-refractivity contribution in [3.05, 3.63) is 76.0 Å². The Morgan fingerprint density at radius 3 is 2.44 bits per heavy atom. The van der Waals surface area contributed by atoms with Crippen molar-refractivity contribution in [2.45, 2.75) is 19.3 Å². The van der Waals surface area contributed by atoms with Gasteiger partial charge in [-0.1, -0.05) is 34.1 Å². The second-order valence-corrected chi connectivity index (χ2v) is 7.24. The molecule has 0 bridgehead atoms. The monoisotopic (exact) mass is 401 g/mol. The van der Waals surface area contributed by atoms with Crippen LogP contribution >= 0.6 is 15.9 Å². The third-order valence-electron chi connectivity index (χ3n) is 4.55. The molecule has 0 unspecified atom stereocenters. The molecule has 1 heterocycles. The van der Waals surface area contributed by atoms with Crippen molar-refractivity contribution in [2.75, 3.05) is 19.6 Å². The normalized spacial score (nSPS) is 15.0. The summed E-state index contributed by atoms with van der Waals surface area (Å²) in [5.74, 6) is -0.221. The van der Waals surface area contributed by atoms with Crippen LogP contribution in [0.1, 0.15) is 35.2 Å². The molecule has 0 radical (unpaired) electrons. The van der Waals surface area contributed by atoms with E-state index in [0.717, 1.165) is 36.9 Å². The first-order chi connectivity index (χ1) is 12.1. The molecule has 2 aromatic rings. The standard InChI is InChI=1S/C21H21BrFNO/c22-19-7-3-16(4-8-19)17-11-14-24(15-12-17)13-1-2-21(25)18-5-9-20(23)10-6-18/h3-11H,1-2,12-15H2. The zero-order chi connectivity index (χ0) is 17.6. The van der Waals surface area contributed by atoms with E-state index in [1.807, 2.05) is 0 Å². The maximum absolute atomic E-state index is 12.9. The maximum atomic E-state index is 12.9. The van der Waals surface area contributed by atoms with Gasteiger partial charge in [-0.3, -0.25) is 9.69 Å². The lowest BCUT2D eigenvalue weighted by molar-refractivity contribution is 0.0975. The van der Waals surface area contributed by atoms with E-state index < -0.39 is 0 Å². The van der Waals surface area contributed by atoms with E-state index >= 15 is 0 Å². The van der Waals surface area contributed by atoms with Crippen molar-refractivity contribution >= 4 is 27.3 Å². The number of benzene rings is 2. The average Bonchev–Trinajstić information content (AvgIpc) is 2.63. The smallest absolute Gasteiger partial charge is 0.162 e. The van der Waals surface area contributed by atoms with Crippen molar-refractivity contribution < 1.29 is 9.18 Å². The van der Waals surface area contributed by atoms with E-state index in [-0.39, 0.29) is 11.6 Å². The number of hydrogen-bond acceptors (Lipinski definition) is 2. The van der Waals surface area contributed by atoms with Gasteiger partial charge in [-0.25, -0.2) is 4.39 Å². The maximum Gasteiger partial charge on any atom is 0.162 e. The number of hydrogen-bond donors (Lipinski definition) is 0. The number of carbonyl (C=O) groups is 1. The predicted molar refractivity (Wildman–Crippen MR) is 103 cm³/mol. The van der Waals surface area contributed by atoms with Crippen LogP contribution in [-0.4, -0.2) is 30.3 Å². The molecule has 25 heavy (non-hydrogen) atoms. The minimum absolute atomic E-state index is 0.0862. The molecule has 2 aromatic carbocycles. The van der Waals surface area contributed by atoms with Crippen LogP contribution in [0.3, 0.4) is 0 Å². The van der Waals surface area contributed by atoms with Crippen molar-refractivity contribution in [1.29, 1.82) is 0 Å². The van der Waals surface area contributed by atoms with Crippen molar-refractivity contribution in [3.8, 4) is 0 Å². The molecule has 0 aliphatic carbocycles. The van der Waals surface area contributed by atoms with E-state index in [9.17, 15) is 9.18 Å². The second-order valence-electron chi connectivity index (χ2n) is 6.32. The van der Waals surface area contributed by atoms with Crippen molar-refractivity contribution in [1.82, 2.24) is 4.90 Å². The third-order valence-corrected chi connectivity index (χ3v) is 5.08. The summed E-state index contributed by atoms with van der Waals surface area (Å²) in [5, 5.41) is 0. The molecule has 0 N–H and O–H groups in total. The molecule has 3 rings (SSSR count). The lowest BCUT2D eigenvalue weighted by Gasteiger charge is -2.26. The topological polar surface area (TPSA) is 20.3 Å². The number of rotatable bonds is 6. The fraction of sp³-hybridized carbons (Fsp3) is 0.286. The van der Waals surface area contributed by atoms with Crippen LogP contribution in [0.25, 0.3) is 5.57 Å². The van der Waals surface area contributed by atoms with E-state index in [0.29, 0.717) is 12.0 Å². The molecular formula is C21H21BrFNO. The first kappa shape index (κ1) is 18.0. The fourth-order valence-electron chi connectivity index (χ4n) is 3.08. The van der Waals surface area contributed by atoms with E-state index in [2.05, 4.69) is 51.2 Å². The van der Waals surface area contributed by atoms with E-state index in [4.69, 9.17) is 0 Å². The summed E-state index contributed by atoms with van der Waals surface area (Å²) < 4.78 is 14.0. The Balaban J connectivity index is 1.45. The highest BCUT2D eigenvalue weighted by Gasteiger charge is 2.13. The highest BCUT2D eigenvalue weighted by atomic mass is 79.9. The molecule has 0 fully saturated rings. The quantitative estimate of drug-likeness (QED) is 0.608. The number of nitrogens with zero attached hydrogens (tertiary/aromatic N) is 1. The van der Waals surface area contributed by atoms with Gasteiger partial charge in [0.1, 0.15) is 5.82 Å². The molecule has 130 valence electrons. The van der Waals surface area contributed by atoms with Crippen LogP contribution in [0.4, 0.5) is 4.39 Å². The highest BCUT2D eigenvalue weighted by Crippen LogP contribution is 2.24. The summed E-state index contributed by atoms with van der Waals surface area (Å²) in [6, 6.07) is 14.2.